The van der Waals surface area contributed by atoms with Gasteiger partial charge in [-0.3, -0.25) is 4.79 Å². The number of phenols is 1. The van der Waals surface area contributed by atoms with Crippen LogP contribution in [0.3, 0.4) is 0 Å². The maximum atomic E-state index is 11.9. The van der Waals surface area contributed by atoms with Crippen LogP contribution in [-0.4, -0.2) is 23.8 Å². The first-order chi connectivity index (χ1) is 13.5. The zero-order valence-corrected chi connectivity index (χ0v) is 16.9. The fraction of sp³-hybridized carbons (Fsp3) is 0.0476. The zero-order valence-electron chi connectivity index (χ0n) is 14.6. The number of carbonyl (C=O) groups is 1. The van der Waals surface area contributed by atoms with Crippen molar-refractivity contribution in [1.29, 1.82) is 0 Å². The van der Waals surface area contributed by atoms with Crippen LogP contribution in [0.2, 0.25) is 5.02 Å². The molecule has 0 bridgehead atoms. The van der Waals surface area contributed by atoms with Gasteiger partial charge in [-0.25, -0.2) is 5.43 Å². The van der Waals surface area contributed by atoms with E-state index in [9.17, 15) is 9.90 Å². The van der Waals surface area contributed by atoms with E-state index in [0.717, 1.165) is 11.1 Å². The van der Waals surface area contributed by atoms with Crippen molar-refractivity contribution in [3.8, 4) is 22.6 Å². The van der Waals surface area contributed by atoms with Crippen molar-refractivity contribution in [3.05, 3.63) is 81.8 Å². The van der Waals surface area contributed by atoms with E-state index in [1.54, 1.807) is 18.2 Å². The third kappa shape index (κ3) is 5.34. The van der Waals surface area contributed by atoms with Gasteiger partial charge >= 0.3 is 0 Å². The lowest BCUT2D eigenvalue weighted by Crippen LogP contribution is -2.24. The summed E-state index contributed by atoms with van der Waals surface area (Å²) in [6.07, 6.45) is 1.30. The van der Waals surface area contributed by atoms with Gasteiger partial charge in [0.25, 0.3) is 5.91 Å². The van der Waals surface area contributed by atoms with Crippen LogP contribution in [-0.2, 0) is 4.79 Å². The van der Waals surface area contributed by atoms with Gasteiger partial charge in [0.05, 0.1) is 10.7 Å². The molecular weight excluding hydrogens is 444 g/mol. The molecule has 142 valence electrons. The molecule has 0 spiro atoms. The normalized spacial score (nSPS) is 10.8. The second-order valence-electron chi connectivity index (χ2n) is 5.80. The third-order valence-corrected chi connectivity index (χ3v) is 4.60. The summed E-state index contributed by atoms with van der Waals surface area (Å²) < 4.78 is 5.90. The number of nitrogens with one attached hydrogen (secondary N) is 1. The fourth-order valence-electron chi connectivity index (χ4n) is 2.41. The number of halogens is 2. The van der Waals surface area contributed by atoms with Crippen molar-refractivity contribution in [2.45, 2.75) is 0 Å². The van der Waals surface area contributed by atoms with E-state index in [0.29, 0.717) is 20.8 Å². The van der Waals surface area contributed by atoms with Gasteiger partial charge in [0.1, 0.15) is 11.5 Å². The van der Waals surface area contributed by atoms with Crippen molar-refractivity contribution in [3.63, 3.8) is 0 Å². The predicted octanol–water partition coefficient (Wildman–Crippen LogP) is 5.00. The van der Waals surface area contributed by atoms with E-state index in [2.05, 4.69) is 26.5 Å². The molecule has 3 aromatic rings. The smallest absolute Gasteiger partial charge is 0.277 e. The molecule has 7 heteroatoms. The predicted molar refractivity (Wildman–Crippen MR) is 114 cm³/mol. The number of carbonyl (C=O) groups excluding carboxylic acids is 1. The van der Waals surface area contributed by atoms with Crippen LogP contribution < -0.4 is 10.2 Å². The van der Waals surface area contributed by atoms with Crippen molar-refractivity contribution in [2.75, 3.05) is 6.61 Å². The molecule has 5 nitrogen and oxygen atoms in total. The number of benzene rings is 3. The Labute approximate surface area is 175 Å². The third-order valence-electron chi connectivity index (χ3n) is 3.78. The standard InChI is InChI=1S/C21H16BrClN2O3/c22-19-11-17(23)10-16(21(19)27)12-24-25-20(26)13-28-18-8-6-15(7-9-18)14-4-2-1-3-5-14/h1-12,27H,13H2,(H,25,26). The van der Waals surface area contributed by atoms with E-state index in [4.69, 9.17) is 16.3 Å². The molecule has 0 aliphatic rings. The molecule has 0 aliphatic heterocycles. The molecule has 0 saturated heterocycles. The van der Waals surface area contributed by atoms with Crippen molar-refractivity contribution < 1.29 is 14.6 Å². The number of ether oxygens (including phenoxy) is 1. The van der Waals surface area contributed by atoms with Gasteiger partial charge in [0, 0.05) is 10.6 Å². The van der Waals surface area contributed by atoms with Crippen LogP contribution in [0.15, 0.2) is 76.3 Å². The molecule has 2 N–H and O–H groups in total. The second kappa shape index (κ2) is 9.39. The highest BCUT2D eigenvalue weighted by Gasteiger charge is 2.06. The molecule has 0 aliphatic carbocycles. The van der Waals surface area contributed by atoms with Gasteiger partial charge in [0.2, 0.25) is 0 Å². The summed E-state index contributed by atoms with van der Waals surface area (Å²) in [4.78, 5) is 11.9. The first-order valence-corrected chi connectivity index (χ1v) is 9.48. The number of nitrogens with zero attached hydrogens (tertiary/aromatic N) is 1. The largest absolute Gasteiger partial charge is 0.506 e. The lowest BCUT2D eigenvalue weighted by atomic mass is 10.1. The number of phenolic OH excluding ortho intramolecular Hbond substituents is 1. The second-order valence-corrected chi connectivity index (χ2v) is 7.09. The van der Waals surface area contributed by atoms with Crippen LogP contribution in [0.4, 0.5) is 0 Å². The fourth-order valence-corrected chi connectivity index (χ4v) is 3.25. The minimum absolute atomic E-state index is 0.0165. The highest BCUT2D eigenvalue weighted by atomic mass is 79.9. The number of aromatic hydroxyl groups is 1. The van der Waals surface area contributed by atoms with Crippen LogP contribution in [0, 0.1) is 0 Å². The summed E-state index contributed by atoms with van der Waals surface area (Å²) >= 11 is 9.11. The van der Waals surface area contributed by atoms with Gasteiger partial charge in [-0.1, -0.05) is 54.1 Å². The van der Waals surface area contributed by atoms with E-state index in [1.807, 2.05) is 42.5 Å². The van der Waals surface area contributed by atoms with Gasteiger partial charge in [-0.05, 0) is 51.3 Å². The lowest BCUT2D eigenvalue weighted by molar-refractivity contribution is -0.123. The molecule has 1 amide bonds. The molecule has 0 saturated carbocycles. The Bertz CT molecular complexity index is 993. The lowest BCUT2D eigenvalue weighted by Gasteiger charge is -2.07. The van der Waals surface area contributed by atoms with Gasteiger partial charge in [-0.2, -0.15) is 5.10 Å². The van der Waals surface area contributed by atoms with Crippen LogP contribution in [0.25, 0.3) is 11.1 Å². The van der Waals surface area contributed by atoms with Gasteiger partial charge in [0.15, 0.2) is 6.61 Å². The van der Waals surface area contributed by atoms with Crippen molar-refractivity contribution in [2.24, 2.45) is 5.10 Å². The molecule has 0 heterocycles. The molecule has 3 aromatic carbocycles. The maximum absolute atomic E-state index is 11.9. The minimum atomic E-state index is -0.427. The first kappa shape index (κ1) is 19.9. The minimum Gasteiger partial charge on any atom is -0.506 e. The molecule has 3 rings (SSSR count). The van der Waals surface area contributed by atoms with Crippen LogP contribution in [0.1, 0.15) is 5.56 Å². The quantitative estimate of drug-likeness (QED) is 0.402. The SMILES string of the molecule is O=C(COc1ccc(-c2ccccc2)cc1)NN=Cc1cc(Cl)cc(Br)c1O. The Morgan fingerprint density at radius 2 is 1.79 bits per heavy atom. The monoisotopic (exact) mass is 458 g/mol. The van der Waals surface area contributed by atoms with E-state index in [-0.39, 0.29) is 12.4 Å². The van der Waals surface area contributed by atoms with Crippen LogP contribution >= 0.6 is 27.5 Å². The zero-order chi connectivity index (χ0) is 19.9. The van der Waals surface area contributed by atoms with Gasteiger partial charge in [-0.15, -0.1) is 0 Å². The number of hydrazone groups is 1. The van der Waals surface area contributed by atoms with E-state index in [1.165, 1.54) is 12.3 Å². The summed E-state index contributed by atoms with van der Waals surface area (Å²) in [5.74, 6) is 0.136. The Morgan fingerprint density at radius 1 is 1.11 bits per heavy atom. The topological polar surface area (TPSA) is 70.9 Å². The number of hydrogen-bond donors (Lipinski definition) is 2. The summed E-state index contributed by atoms with van der Waals surface area (Å²) in [5.41, 5.74) is 4.89. The van der Waals surface area contributed by atoms with E-state index < -0.39 is 5.91 Å². The number of rotatable bonds is 6. The average Bonchev–Trinajstić information content (AvgIpc) is 2.71. The highest BCUT2D eigenvalue weighted by molar-refractivity contribution is 9.10. The van der Waals surface area contributed by atoms with Crippen molar-refractivity contribution >= 4 is 39.7 Å². The molecular formula is C21H16BrClN2O3. The molecule has 0 fully saturated rings. The van der Waals surface area contributed by atoms with Gasteiger partial charge < -0.3 is 9.84 Å². The summed E-state index contributed by atoms with van der Waals surface area (Å²) in [7, 11) is 0. The molecule has 28 heavy (non-hydrogen) atoms. The highest BCUT2D eigenvalue weighted by Crippen LogP contribution is 2.30. The average molecular weight is 460 g/mol. The summed E-state index contributed by atoms with van der Waals surface area (Å²) in [6, 6.07) is 20.5. The summed E-state index contributed by atoms with van der Waals surface area (Å²) in [5, 5.41) is 14.1. The van der Waals surface area contributed by atoms with Crippen LogP contribution in [0.5, 0.6) is 11.5 Å². The van der Waals surface area contributed by atoms with Crippen molar-refractivity contribution in [1.82, 2.24) is 5.43 Å². The summed E-state index contributed by atoms with van der Waals surface area (Å²) in [6.45, 7) is -0.187. The molecule has 0 aromatic heterocycles. The Balaban J connectivity index is 1.52. The molecule has 0 radical (unpaired) electrons. The molecule has 0 atom stereocenters. The number of amides is 1. The number of hydrogen-bond acceptors (Lipinski definition) is 4. The van der Waals surface area contributed by atoms with E-state index >= 15 is 0 Å². The molecule has 0 unspecified atom stereocenters. The Hall–Kier alpha value is -2.83. The Morgan fingerprint density at radius 3 is 2.50 bits per heavy atom. The first-order valence-electron chi connectivity index (χ1n) is 8.31. The maximum Gasteiger partial charge on any atom is 0.277 e. The Kier molecular flexibility index (Phi) is 6.68.